The summed E-state index contributed by atoms with van der Waals surface area (Å²) in [6.07, 6.45) is 4.55. The molecule has 0 spiro atoms. The summed E-state index contributed by atoms with van der Waals surface area (Å²) in [5.74, 6) is 0.608. The van der Waals surface area contributed by atoms with Crippen LogP contribution in [0.4, 0.5) is 5.69 Å². The van der Waals surface area contributed by atoms with E-state index in [1.807, 2.05) is 18.2 Å². The van der Waals surface area contributed by atoms with Crippen LogP contribution in [0, 0.1) is 0 Å². The second kappa shape index (κ2) is 9.84. The van der Waals surface area contributed by atoms with Gasteiger partial charge in [0.1, 0.15) is 12.1 Å². The van der Waals surface area contributed by atoms with Crippen molar-refractivity contribution >= 4 is 23.3 Å². The molecule has 8 heteroatoms. The van der Waals surface area contributed by atoms with Crippen molar-refractivity contribution in [2.45, 2.75) is 51.7 Å². The van der Waals surface area contributed by atoms with Crippen LogP contribution in [0.15, 0.2) is 59.9 Å². The molecule has 3 aromatic rings. The number of carbonyl (C=O) groups is 2. The topological polar surface area (TPSA) is 90.3 Å². The zero-order valence-corrected chi connectivity index (χ0v) is 23.2. The van der Waals surface area contributed by atoms with E-state index in [1.54, 1.807) is 31.5 Å². The quantitative estimate of drug-likeness (QED) is 0.428. The predicted molar refractivity (Wildman–Crippen MR) is 149 cm³/mol. The first-order valence-corrected chi connectivity index (χ1v) is 12.9. The van der Waals surface area contributed by atoms with Crippen molar-refractivity contribution in [2.24, 2.45) is 4.99 Å². The molecular formula is C31H33N3O5. The van der Waals surface area contributed by atoms with Crippen molar-refractivity contribution in [3.63, 3.8) is 0 Å². The van der Waals surface area contributed by atoms with Crippen LogP contribution >= 0.6 is 0 Å². The van der Waals surface area contributed by atoms with E-state index in [0.717, 1.165) is 52.3 Å². The number of aliphatic imine (C=N–C) groups is 1. The molecular weight excluding hydrogens is 494 g/mol. The maximum absolute atomic E-state index is 13.5. The van der Waals surface area contributed by atoms with Crippen molar-refractivity contribution in [1.29, 1.82) is 0 Å². The van der Waals surface area contributed by atoms with E-state index in [9.17, 15) is 9.59 Å². The first kappa shape index (κ1) is 26.4. The lowest BCUT2D eigenvalue weighted by atomic mass is 9.81. The van der Waals surface area contributed by atoms with Crippen LogP contribution in [0.3, 0.4) is 0 Å². The number of esters is 1. The molecule has 0 aliphatic carbocycles. The minimum absolute atomic E-state index is 0.239. The van der Waals surface area contributed by atoms with E-state index in [-0.39, 0.29) is 23.6 Å². The highest BCUT2D eigenvalue weighted by atomic mass is 16.5. The molecule has 2 aromatic carbocycles. The molecule has 2 aliphatic rings. The van der Waals surface area contributed by atoms with Crippen LogP contribution in [-0.4, -0.2) is 54.5 Å². The van der Waals surface area contributed by atoms with Crippen LogP contribution in [0.5, 0.6) is 11.5 Å². The highest BCUT2D eigenvalue weighted by Crippen LogP contribution is 2.48. The van der Waals surface area contributed by atoms with E-state index in [4.69, 9.17) is 19.2 Å². The Hall–Kier alpha value is -4.20. The third kappa shape index (κ3) is 5.11. The molecule has 0 N–H and O–H groups in total. The first-order chi connectivity index (χ1) is 18.5. The summed E-state index contributed by atoms with van der Waals surface area (Å²) in [5, 5.41) is 0. The lowest BCUT2D eigenvalue weighted by molar-refractivity contribution is -0.138. The number of aromatic nitrogens is 1. The number of methoxy groups -OCH3 is 2. The second-order valence-electron chi connectivity index (χ2n) is 11.2. The number of carbonyl (C=O) groups excluding carboxylic acids is 2. The van der Waals surface area contributed by atoms with Gasteiger partial charge in [-0.25, -0.2) is 0 Å². The number of hydrogen-bond donors (Lipinski definition) is 0. The molecule has 39 heavy (non-hydrogen) atoms. The summed E-state index contributed by atoms with van der Waals surface area (Å²) in [4.78, 5) is 36.5. The SMILES string of the molecule is COC(=O)CN(C(=O)c1cccnc1)c1cccc(C2=NC(C)(C)Cc3cc(OC)c4c(c32)CC(C)(C)O4)c1. The number of amides is 1. The minimum atomic E-state index is -0.525. The molecule has 3 heterocycles. The number of ether oxygens (including phenoxy) is 3. The van der Waals surface area contributed by atoms with Crippen LogP contribution in [0.25, 0.3) is 0 Å². The van der Waals surface area contributed by atoms with Crippen molar-refractivity contribution in [1.82, 2.24) is 4.98 Å². The molecule has 0 saturated heterocycles. The molecule has 8 nitrogen and oxygen atoms in total. The molecule has 0 radical (unpaired) electrons. The Labute approximate surface area is 228 Å². The molecule has 0 bridgehead atoms. The number of hydrogen-bond acceptors (Lipinski definition) is 7. The predicted octanol–water partition coefficient (Wildman–Crippen LogP) is 4.80. The van der Waals surface area contributed by atoms with Crippen LogP contribution in [-0.2, 0) is 22.4 Å². The Kier molecular flexibility index (Phi) is 6.66. The van der Waals surface area contributed by atoms with Crippen molar-refractivity contribution in [3.8, 4) is 11.5 Å². The largest absolute Gasteiger partial charge is 0.493 e. The van der Waals surface area contributed by atoms with Crippen LogP contribution in [0.1, 0.15) is 60.3 Å². The van der Waals surface area contributed by atoms with Gasteiger partial charge in [0.2, 0.25) is 0 Å². The monoisotopic (exact) mass is 527 g/mol. The molecule has 202 valence electrons. The minimum Gasteiger partial charge on any atom is -0.493 e. The van der Waals surface area contributed by atoms with Crippen molar-refractivity contribution in [3.05, 3.63) is 82.7 Å². The summed E-state index contributed by atoms with van der Waals surface area (Å²) < 4.78 is 17.0. The van der Waals surface area contributed by atoms with Gasteiger partial charge in [-0.3, -0.25) is 24.5 Å². The number of nitrogens with zero attached hydrogens (tertiary/aromatic N) is 3. The van der Waals surface area contributed by atoms with Gasteiger partial charge in [0.25, 0.3) is 5.91 Å². The Morgan fingerprint density at radius 2 is 1.85 bits per heavy atom. The summed E-state index contributed by atoms with van der Waals surface area (Å²) in [6, 6.07) is 13.0. The maximum Gasteiger partial charge on any atom is 0.325 e. The van der Waals surface area contributed by atoms with Crippen LogP contribution < -0.4 is 14.4 Å². The number of anilines is 1. The molecule has 5 rings (SSSR count). The fourth-order valence-electron chi connectivity index (χ4n) is 5.37. The van der Waals surface area contributed by atoms with Gasteiger partial charge in [0.15, 0.2) is 11.5 Å². The van der Waals surface area contributed by atoms with E-state index >= 15 is 0 Å². The standard InChI is InChI=1S/C31H33N3O5/c1-30(2)15-21-14-24(37-5)28-23(16-31(3,4)39-28)26(21)27(33-30)19-9-7-11-22(13-19)34(18-25(35)38-6)29(36)20-10-8-12-32-17-20/h7-14,17H,15-16,18H2,1-6H3. The van der Waals surface area contributed by atoms with E-state index in [1.165, 1.54) is 18.2 Å². The Balaban J connectivity index is 1.65. The van der Waals surface area contributed by atoms with Gasteiger partial charge in [0, 0.05) is 41.2 Å². The molecule has 1 amide bonds. The lowest BCUT2D eigenvalue weighted by Gasteiger charge is -2.31. The third-order valence-corrected chi connectivity index (χ3v) is 7.00. The zero-order valence-electron chi connectivity index (χ0n) is 23.2. The summed E-state index contributed by atoms with van der Waals surface area (Å²) in [7, 11) is 2.97. The number of pyridine rings is 1. The number of benzene rings is 2. The fourth-order valence-corrected chi connectivity index (χ4v) is 5.37. The molecule has 0 atom stereocenters. The molecule has 0 unspecified atom stereocenters. The lowest BCUT2D eigenvalue weighted by Crippen LogP contribution is -2.36. The van der Waals surface area contributed by atoms with Gasteiger partial charge in [-0.1, -0.05) is 12.1 Å². The second-order valence-corrected chi connectivity index (χ2v) is 11.2. The highest BCUT2D eigenvalue weighted by Gasteiger charge is 2.39. The number of fused-ring (bicyclic) bond motifs is 3. The third-order valence-electron chi connectivity index (χ3n) is 7.00. The Morgan fingerprint density at radius 3 is 2.54 bits per heavy atom. The van der Waals surface area contributed by atoms with Crippen molar-refractivity contribution < 1.29 is 23.8 Å². The first-order valence-electron chi connectivity index (χ1n) is 12.9. The number of rotatable bonds is 6. The fraction of sp³-hybridized carbons (Fsp3) is 0.355. The van der Waals surface area contributed by atoms with Gasteiger partial charge < -0.3 is 14.2 Å². The highest BCUT2D eigenvalue weighted by molar-refractivity contribution is 6.17. The summed E-state index contributed by atoms with van der Waals surface area (Å²) in [5.41, 5.74) is 5.13. The average molecular weight is 528 g/mol. The van der Waals surface area contributed by atoms with E-state index in [0.29, 0.717) is 11.3 Å². The van der Waals surface area contributed by atoms with Gasteiger partial charge in [-0.15, -0.1) is 0 Å². The van der Waals surface area contributed by atoms with Crippen LogP contribution in [0.2, 0.25) is 0 Å². The van der Waals surface area contributed by atoms with E-state index in [2.05, 4.69) is 38.7 Å². The van der Waals surface area contributed by atoms with Gasteiger partial charge >= 0.3 is 5.97 Å². The van der Waals surface area contributed by atoms with Gasteiger partial charge in [-0.05, 0) is 70.0 Å². The molecule has 1 aromatic heterocycles. The smallest absolute Gasteiger partial charge is 0.325 e. The molecule has 0 saturated carbocycles. The van der Waals surface area contributed by atoms with Gasteiger partial charge in [0.05, 0.1) is 31.0 Å². The molecule has 2 aliphatic heterocycles. The van der Waals surface area contributed by atoms with Crippen molar-refractivity contribution in [2.75, 3.05) is 25.7 Å². The normalized spacial score (nSPS) is 16.3. The van der Waals surface area contributed by atoms with E-state index < -0.39 is 5.97 Å². The zero-order chi connectivity index (χ0) is 27.9. The Bertz CT molecular complexity index is 1480. The maximum atomic E-state index is 13.5. The van der Waals surface area contributed by atoms with Gasteiger partial charge in [-0.2, -0.15) is 0 Å². The average Bonchev–Trinajstić information content (AvgIpc) is 3.24. The summed E-state index contributed by atoms with van der Waals surface area (Å²) in [6.45, 7) is 8.11. The Morgan fingerprint density at radius 1 is 1.05 bits per heavy atom. The summed E-state index contributed by atoms with van der Waals surface area (Å²) >= 11 is 0. The molecule has 0 fully saturated rings.